The molecule has 0 saturated heterocycles. The Balaban J connectivity index is 2.35. The van der Waals surface area contributed by atoms with E-state index < -0.39 is 0 Å². The summed E-state index contributed by atoms with van der Waals surface area (Å²) in [5.41, 5.74) is 6.81. The summed E-state index contributed by atoms with van der Waals surface area (Å²) in [5, 5.41) is 0.603. The number of nitrogens with two attached hydrogens (primary N) is 1. The first-order chi connectivity index (χ1) is 12.9. The Morgan fingerprint density at radius 3 is 2.56 bits per heavy atom. The van der Waals surface area contributed by atoms with Crippen molar-refractivity contribution in [2.45, 2.75) is 26.3 Å². The van der Waals surface area contributed by atoms with E-state index in [0.717, 1.165) is 22.7 Å². The van der Waals surface area contributed by atoms with Gasteiger partial charge in [-0.1, -0.05) is 30.7 Å². The Kier molecular flexibility index (Phi) is 7.38. The standard InChI is InChI=1S/C19H26ClN5O2/c1-4-16-22-18(23(2)11-5-10-21)17(24(16)3)19(27)25(13-26)12-14-6-8-15(20)9-7-14/h6-9,13H,4-5,10-12,21H2,1-3H3. The highest BCUT2D eigenvalue weighted by Gasteiger charge is 2.27. The van der Waals surface area contributed by atoms with Gasteiger partial charge in [-0.15, -0.1) is 0 Å². The fraction of sp³-hybridized carbons (Fsp3) is 0.421. The third-order valence-electron chi connectivity index (χ3n) is 4.40. The molecule has 0 aliphatic rings. The molecule has 0 unspecified atom stereocenters. The maximum absolute atomic E-state index is 13.2. The molecule has 0 radical (unpaired) electrons. The first-order valence-electron chi connectivity index (χ1n) is 8.90. The summed E-state index contributed by atoms with van der Waals surface area (Å²) in [6.07, 6.45) is 2.02. The van der Waals surface area contributed by atoms with Gasteiger partial charge < -0.3 is 15.2 Å². The monoisotopic (exact) mass is 391 g/mol. The van der Waals surface area contributed by atoms with E-state index in [1.54, 1.807) is 35.9 Å². The Labute approximate surface area is 164 Å². The van der Waals surface area contributed by atoms with Crippen LogP contribution in [0.4, 0.5) is 5.82 Å². The second-order valence-corrected chi connectivity index (χ2v) is 6.78. The zero-order valence-corrected chi connectivity index (χ0v) is 16.7. The highest BCUT2D eigenvalue weighted by atomic mass is 35.5. The number of anilines is 1. The number of imidazole rings is 1. The van der Waals surface area contributed by atoms with Crippen LogP contribution in [0.5, 0.6) is 0 Å². The van der Waals surface area contributed by atoms with E-state index in [0.29, 0.717) is 42.5 Å². The predicted molar refractivity (Wildman–Crippen MR) is 107 cm³/mol. The molecule has 1 heterocycles. The predicted octanol–water partition coefficient (Wildman–Crippen LogP) is 2.22. The number of aryl methyl sites for hydroxylation is 1. The van der Waals surface area contributed by atoms with Gasteiger partial charge in [0.15, 0.2) is 11.5 Å². The van der Waals surface area contributed by atoms with Gasteiger partial charge in [-0.25, -0.2) is 4.98 Å². The molecule has 0 bridgehead atoms. The Morgan fingerprint density at radius 1 is 1.33 bits per heavy atom. The largest absolute Gasteiger partial charge is 0.358 e. The molecule has 1 aromatic heterocycles. The van der Waals surface area contributed by atoms with Gasteiger partial charge in [0, 0.05) is 32.1 Å². The van der Waals surface area contributed by atoms with Gasteiger partial charge >= 0.3 is 0 Å². The van der Waals surface area contributed by atoms with Crippen molar-refractivity contribution in [1.82, 2.24) is 14.5 Å². The number of hydrogen-bond acceptors (Lipinski definition) is 5. The van der Waals surface area contributed by atoms with Crippen molar-refractivity contribution in [3.63, 3.8) is 0 Å². The van der Waals surface area contributed by atoms with Crippen molar-refractivity contribution in [3.8, 4) is 0 Å². The summed E-state index contributed by atoms with van der Waals surface area (Å²) in [5.74, 6) is 0.963. The molecule has 0 saturated carbocycles. The van der Waals surface area contributed by atoms with Crippen LogP contribution in [0.2, 0.25) is 5.02 Å². The molecule has 2 aromatic rings. The van der Waals surface area contributed by atoms with Crippen molar-refractivity contribution in [1.29, 1.82) is 0 Å². The van der Waals surface area contributed by atoms with E-state index in [4.69, 9.17) is 17.3 Å². The summed E-state index contributed by atoms with van der Waals surface area (Å²) >= 11 is 5.90. The summed E-state index contributed by atoms with van der Waals surface area (Å²) in [4.78, 5) is 32.5. The first-order valence-corrected chi connectivity index (χ1v) is 9.28. The molecule has 1 aromatic carbocycles. The van der Waals surface area contributed by atoms with Crippen LogP contribution in [0, 0.1) is 0 Å². The molecule has 2 N–H and O–H groups in total. The van der Waals surface area contributed by atoms with Crippen molar-refractivity contribution in [2.75, 3.05) is 25.0 Å². The average molecular weight is 392 g/mol. The third kappa shape index (κ3) is 4.87. The normalized spacial score (nSPS) is 10.7. The average Bonchev–Trinajstić information content (AvgIpc) is 3.01. The van der Waals surface area contributed by atoms with Crippen LogP contribution in [0.15, 0.2) is 24.3 Å². The van der Waals surface area contributed by atoms with E-state index in [1.165, 1.54) is 0 Å². The molecule has 2 amide bonds. The number of nitrogens with zero attached hydrogens (tertiary/aromatic N) is 4. The number of imide groups is 1. The van der Waals surface area contributed by atoms with E-state index in [9.17, 15) is 9.59 Å². The van der Waals surface area contributed by atoms with E-state index in [2.05, 4.69) is 4.98 Å². The molecule has 146 valence electrons. The number of aromatic nitrogens is 2. The minimum Gasteiger partial charge on any atom is -0.358 e. The van der Waals surface area contributed by atoms with E-state index in [-0.39, 0.29) is 12.5 Å². The fourth-order valence-corrected chi connectivity index (χ4v) is 2.99. The minimum atomic E-state index is -0.385. The van der Waals surface area contributed by atoms with Gasteiger partial charge in [0.2, 0.25) is 6.41 Å². The highest BCUT2D eigenvalue weighted by molar-refractivity contribution is 6.30. The molecular formula is C19H26ClN5O2. The Hall–Kier alpha value is -2.38. The van der Waals surface area contributed by atoms with Crippen LogP contribution in [-0.2, 0) is 24.8 Å². The van der Waals surface area contributed by atoms with Crippen LogP contribution >= 0.6 is 11.6 Å². The smallest absolute Gasteiger partial charge is 0.281 e. The molecule has 7 nitrogen and oxygen atoms in total. The number of carbonyl (C=O) groups is 2. The minimum absolute atomic E-state index is 0.165. The van der Waals surface area contributed by atoms with Gasteiger partial charge in [-0.3, -0.25) is 14.5 Å². The number of amides is 2. The van der Waals surface area contributed by atoms with Gasteiger partial charge in [0.05, 0.1) is 6.54 Å². The highest BCUT2D eigenvalue weighted by Crippen LogP contribution is 2.23. The van der Waals surface area contributed by atoms with Crippen molar-refractivity contribution < 1.29 is 9.59 Å². The Morgan fingerprint density at radius 2 is 2.00 bits per heavy atom. The van der Waals surface area contributed by atoms with Crippen LogP contribution in [0.1, 0.15) is 35.2 Å². The lowest BCUT2D eigenvalue weighted by atomic mass is 10.2. The molecule has 0 spiro atoms. The van der Waals surface area contributed by atoms with Crippen LogP contribution in [-0.4, -0.2) is 46.9 Å². The Bertz CT molecular complexity index is 788. The number of benzene rings is 1. The summed E-state index contributed by atoms with van der Waals surface area (Å²) in [6, 6.07) is 7.05. The fourth-order valence-electron chi connectivity index (χ4n) is 2.86. The number of carbonyl (C=O) groups excluding carboxylic acids is 2. The lowest BCUT2D eigenvalue weighted by molar-refractivity contribution is -0.116. The van der Waals surface area contributed by atoms with Crippen LogP contribution in [0.3, 0.4) is 0 Å². The topological polar surface area (TPSA) is 84.5 Å². The van der Waals surface area contributed by atoms with Gasteiger partial charge in [0.1, 0.15) is 5.82 Å². The van der Waals surface area contributed by atoms with Gasteiger partial charge in [-0.2, -0.15) is 0 Å². The maximum Gasteiger partial charge on any atom is 0.281 e. The summed E-state index contributed by atoms with van der Waals surface area (Å²) < 4.78 is 1.76. The molecule has 0 aliphatic heterocycles. The summed E-state index contributed by atoms with van der Waals surface area (Å²) in [6.45, 7) is 3.37. The van der Waals surface area contributed by atoms with Crippen molar-refractivity contribution in [3.05, 3.63) is 46.4 Å². The summed E-state index contributed by atoms with van der Waals surface area (Å²) in [7, 11) is 3.67. The zero-order valence-electron chi connectivity index (χ0n) is 16.0. The second-order valence-electron chi connectivity index (χ2n) is 6.34. The van der Waals surface area contributed by atoms with Gasteiger partial charge in [0.25, 0.3) is 5.91 Å². The molecule has 2 rings (SSSR count). The molecule has 27 heavy (non-hydrogen) atoms. The second kappa shape index (κ2) is 9.53. The molecule has 0 aliphatic carbocycles. The van der Waals surface area contributed by atoms with Crippen LogP contribution in [0.25, 0.3) is 0 Å². The van der Waals surface area contributed by atoms with Gasteiger partial charge in [-0.05, 0) is 30.7 Å². The lowest BCUT2D eigenvalue weighted by Gasteiger charge is -2.21. The van der Waals surface area contributed by atoms with E-state index in [1.807, 2.05) is 18.9 Å². The van der Waals surface area contributed by atoms with E-state index >= 15 is 0 Å². The van der Waals surface area contributed by atoms with Crippen LogP contribution < -0.4 is 10.6 Å². The first kappa shape index (κ1) is 20.9. The molecular weight excluding hydrogens is 366 g/mol. The quantitative estimate of drug-likeness (QED) is 0.662. The SMILES string of the molecule is CCc1nc(N(C)CCCN)c(C(=O)N(C=O)Cc2ccc(Cl)cc2)n1C. The van der Waals surface area contributed by atoms with Crippen molar-refractivity contribution in [2.24, 2.45) is 12.8 Å². The maximum atomic E-state index is 13.2. The zero-order chi connectivity index (χ0) is 20.0. The number of rotatable bonds is 9. The number of hydrogen-bond donors (Lipinski definition) is 1. The lowest BCUT2D eigenvalue weighted by Crippen LogP contribution is -2.33. The number of halogens is 1. The molecule has 0 fully saturated rings. The third-order valence-corrected chi connectivity index (χ3v) is 4.65. The van der Waals surface area contributed by atoms with Crippen molar-refractivity contribution >= 4 is 29.7 Å². The molecule has 8 heteroatoms. The molecule has 0 atom stereocenters.